The van der Waals surface area contributed by atoms with Crippen LogP contribution in [-0.2, 0) is 6.54 Å². The molecule has 0 unspecified atom stereocenters. The number of primary amides is 1. The molecule has 1 aliphatic heterocycles. The standard InChI is InChI=1S/C25H18N2O7/c1-33-17-4-2-3-13-11-27(14-7-5-12(6-8-14)25(26)32)20-21(30)18-15(28)9-10-16(29)19(18)22(31)24(20)34-23(13)17/h2-10,28-29H,11H2,1H3,(H2,26,32). The van der Waals surface area contributed by atoms with Gasteiger partial charge in [-0.1, -0.05) is 12.1 Å². The van der Waals surface area contributed by atoms with Crippen LogP contribution in [-0.4, -0.2) is 34.8 Å². The number of nitrogens with zero attached hydrogens (tertiary/aromatic N) is 1. The third-order valence-electron chi connectivity index (χ3n) is 5.80. The van der Waals surface area contributed by atoms with E-state index in [-0.39, 0.29) is 40.4 Å². The summed E-state index contributed by atoms with van der Waals surface area (Å²) >= 11 is 0. The number of Topliss-reactive ketones (excluding diaryl/α,β-unsaturated/α-hetero) is 2. The van der Waals surface area contributed by atoms with Crippen molar-refractivity contribution in [3.63, 3.8) is 0 Å². The monoisotopic (exact) mass is 458 g/mol. The number of rotatable bonds is 3. The molecule has 5 rings (SSSR count). The maximum absolute atomic E-state index is 13.7. The highest BCUT2D eigenvalue weighted by Crippen LogP contribution is 2.44. The molecule has 170 valence electrons. The number of methoxy groups -OCH3 is 1. The van der Waals surface area contributed by atoms with E-state index in [1.165, 1.54) is 19.2 Å². The van der Waals surface area contributed by atoms with Crippen LogP contribution in [0.5, 0.6) is 23.0 Å². The molecule has 0 saturated carbocycles. The Hall–Kier alpha value is -4.79. The third-order valence-corrected chi connectivity index (χ3v) is 5.80. The van der Waals surface area contributed by atoms with E-state index in [9.17, 15) is 24.6 Å². The highest BCUT2D eigenvalue weighted by molar-refractivity contribution is 6.29. The SMILES string of the molecule is COc1cccc2c1OC1=C(C(=O)c3c(O)ccc(O)c3C1=O)N(c1ccc(C(N)=O)cc1)C2. The number of phenolic OH excluding ortho intramolecular Hbond substituents is 2. The van der Waals surface area contributed by atoms with Crippen molar-refractivity contribution in [1.29, 1.82) is 0 Å². The zero-order valence-corrected chi connectivity index (χ0v) is 17.9. The minimum absolute atomic E-state index is 0.106. The van der Waals surface area contributed by atoms with Gasteiger partial charge in [0.05, 0.1) is 24.8 Å². The van der Waals surface area contributed by atoms with Crippen LogP contribution in [0.3, 0.4) is 0 Å². The second kappa shape index (κ2) is 7.66. The molecule has 1 aliphatic carbocycles. The fourth-order valence-corrected chi connectivity index (χ4v) is 4.16. The van der Waals surface area contributed by atoms with Gasteiger partial charge in [0.15, 0.2) is 11.5 Å². The van der Waals surface area contributed by atoms with E-state index in [1.807, 2.05) is 0 Å². The quantitative estimate of drug-likeness (QED) is 0.509. The molecule has 3 aromatic rings. The number of phenols is 2. The maximum Gasteiger partial charge on any atom is 0.248 e. The highest BCUT2D eigenvalue weighted by atomic mass is 16.5. The van der Waals surface area contributed by atoms with Crippen LogP contribution in [0.2, 0.25) is 0 Å². The summed E-state index contributed by atoms with van der Waals surface area (Å²) < 4.78 is 11.4. The Balaban J connectivity index is 1.77. The van der Waals surface area contributed by atoms with E-state index in [2.05, 4.69) is 0 Å². The molecule has 1 heterocycles. The lowest BCUT2D eigenvalue weighted by Crippen LogP contribution is -2.34. The normalized spacial score (nSPS) is 14.6. The molecule has 9 nitrogen and oxygen atoms in total. The number of para-hydroxylation sites is 1. The van der Waals surface area contributed by atoms with Gasteiger partial charge in [-0.3, -0.25) is 14.4 Å². The summed E-state index contributed by atoms with van der Waals surface area (Å²) in [6, 6.07) is 13.6. The number of carbonyl (C=O) groups is 3. The summed E-state index contributed by atoms with van der Waals surface area (Å²) in [5.41, 5.74) is 5.93. The van der Waals surface area contributed by atoms with Crippen molar-refractivity contribution in [2.75, 3.05) is 12.0 Å². The smallest absolute Gasteiger partial charge is 0.248 e. The second-order valence-corrected chi connectivity index (χ2v) is 7.74. The number of anilines is 1. The van der Waals surface area contributed by atoms with Crippen molar-refractivity contribution in [3.05, 3.63) is 88.3 Å². The average molecular weight is 458 g/mol. The van der Waals surface area contributed by atoms with Gasteiger partial charge in [-0.2, -0.15) is 0 Å². The Kier molecular flexibility index (Phi) is 4.75. The number of allylic oxidation sites excluding steroid dienone is 2. The van der Waals surface area contributed by atoms with Crippen LogP contribution < -0.4 is 20.1 Å². The summed E-state index contributed by atoms with van der Waals surface area (Å²) in [7, 11) is 1.45. The minimum Gasteiger partial charge on any atom is -0.507 e. The second-order valence-electron chi connectivity index (χ2n) is 7.74. The van der Waals surface area contributed by atoms with Gasteiger partial charge in [0.2, 0.25) is 23.2 Å². The van der Waals surface area contributed by atoms with Gasteiger partial charge in [-0.15, -0.1) is 0 Å². The van der Waals surface area contributed by atoms with Crippen molar-refractivity contribution in [2.45, 2.75) is 6.54 Å². The summed E-state index contributed by atoms with van der Waals surface area (Å²) in [5.74, 6) is -2.71. The molecule has 0 atom stereocenters. The van der Waals surface area contributed by atoms with E-state index < -0.39 is 29.0 Å². The van der Waals surface area contributed by atoms with Gasteiger partial charge in [0, 0.05) is 16.8 Å². The molecule has 0 spiro atoms. The number of hydrogen-bond donors (Lipinski definition) is 3. The Bertz CT molecular complexity index is 1420. The highest BCUT2D eigenvalue weighted by Gasteiger charge is 2.43. The molecule has 0 saturated heterocycles. The minimum atomic E-state index is -0.768. The molecule has 0 fully saturated rings. The number of carbonyl (C=O) groups excluding carboxylic acids is 3. The molecular weight excluding hydrogens is 440 g/mol. The number of fused-ring (bicyclic) bond motifs is 2. The van der Waals surface area contributed by atoms with E-state index >= 15 is 0 Å². The molecule has 0 radical (unpaired) electrons. The van der Waals surface area contributed by atoms with Gasteiger partial charge < -0.3 is 30.3 Å². The van der Waals surface area contributed by atoms with E-state index in [4.69, 9.17) is 15.2 Å². The molecule has 4 N–H and O–H groups in total. The number of aromatic hydroxyl groups is 2. The van der Waals surface area contributed by atoms with Crippen LogP contribution >= 0.6 is 0 Å². The summed E-state index contributed by atoms with van der Waals surface area (Å²) in [4.78, 5) is 40.3. The zero-order chi connectivity index (χ0) is 24.1. The molecule has 9 heteroatoms. The molecule has 34 heavy (non-hydrogen) atoms. The molecule has 0 aromatic heterocycles. The van der Waals surface area contributed by atoms with Crippen molar-refractivity contribution >= 4 is 23.2 Å². The summed E-state index contributed by atoms with van der Waals surface area (Å²) in [6.45, 7) is 0.106. The predicted molar refractivity (Wildman–Crippen MR) is 120 cm³/mol. The summed E-state index contributed by atoms with van der Waals surface area (Å²) in [6.07, 6.45) is 0. The number of nitrogens with two attached hydrogens (primary N) is 1. The lowest BCUT2D eigenvalue weighted by Gasteiger charge is -2.29. The first kappa shape index (κ1) is 21.1. The van der Waals surface area contributed by atoms with Crippen molar-refractivity contribution in [2.24, 2.45) is 5.73 Å². The van der Waals surface area contributed by atoms with Crippen LogP contribution in [0, 0.1) is 0 Å². The van der Waals surface area contributed by atoms with Gasteiger partial charge in [-0.25, -0.2) is 0 Å². The molecule has 3 aromatic carbocycles. The topological polar surface area (TPSA) is 139 Å². The van der Waals surface area contributed by atoms with Gasteiger partial charge >= 0.3 is 0 Å². The first-order valence-electron chi connectivity index (χ1n) is 10.2. The van der Waals surface area contributed by atoms with Crippen molar-refractivity contribution in [3.8, 4) is 23.0 Å². The predicted octanol–water partition coefficient (Wildman–Crippen LogP) is 2.90. The Morgan fingerprint density at radius 2 is 1.62 bits per heavy atom. The third kappa shape index (κ3) is 3.06. The number of benzene rings is 3. The van der Waals surface area contributed by atoms with Gasteiger partial charge in [-0.05, 0) is 42.5 Å². The largest absolute Gasteiger partial charge is 0.507 e. The van der Waals surface area contributed by atoms with Gasteiger partial charge in [0.25, 0.3) is 0 Å². The first-order valence-corrected chi connectivity index (χ1v) is 10.2. The Labute approximate surface area is 193 Å². The Morgan fingerprint density at radius 1 is 0.971 bits per heavy atom. The fraction of sp³-hybridized carbons (Fsp3) is 0.0800. The van der Waals surface area contributed by atoms with Crippen molar-refractivity contribution in [1.82, 2.24) is 0 Å². The number of ether oxygens (including phenoxy) is 2. The van der Waals surface area contributed by atoms with E-state index in [0.29, 0.717) is 17.0 Å². The van der Waals surface area contributed by atoms with Crippen LogP contribution in [0.15, 0.2) is 66.1 Å². The molecule has 0 bridgehead atoms. The Morgan fingerprint density at radius 3 is 2.24 bits per heavy atom. The lowest BCUT2D eigenvalue weighted by atomic mass is 9.89. The van der Waals surface area contributed by atoms with Crippen LogP contribution in [0.4, 0.5) is 5.69 Å². The zero-order valence-electron chi connectivity index (χ0n) is 17.9. The molecule has 1 amide bonds. The maximum atomic E-state index is 13.7. The lowest BCUT2D eigenvalue weighted by molar-refractivity contribution is 0.0930. The van der Waals surface area contributed by atoms with Gasteiger partial charge in [0.1, 0.15) is 17.2 Å². The fourth-order valence-electron chi connectivity index (χ4n) is 4.16. The van der Waals surface area contributed by atoms with Crippen molar-refractivity contribution < 1.29 is 34.1 Å². The van der Waals surface area contributed by atoms with E-state index in [0.717, 1.165) is 12.1 Å². The number of ketones is 2. The molecular formula is C25H18N2O7. The molecule has 2 aliphatic rings. The van der Waals surface area contributed by atoms with E-state index in [1.54, 1.807) is 35.2 Å². The number of hydrogen-bond acceptors (Lipinski definition) is 8. The number of amides is 1. The summed E-state index contributed by atoms with van der Waals surface area (Å²) in [5, 5.41) is 20.7. The van der Waals surface area contributed by atoms with Crippen LogP contribution in [0.25, 0.3) is 0 Å². The average Bonchev–Trinajstić information content (AvgIpc) is 3.01. The first-order chi connectivity index (χ1) is 16.3. The van der Waals surface area contributed by atoms with Crippen LogP contribution in [0.1, 0.15) is 36.6 Å².